The fourth-order valence-electron chi connectivity index (χ4n) is 4.51. The van der Waals surface area contributed by atoms with Crippen molar-refractivity contribution < 1.29 is 17.5 Å². The van der Waals surface area contributed by atoms with Gasteiger partial charge in [-0.1, -0.05) is 18.2 Å². The number of rotatable bonds is 10. The summed E-state index contributed by atoms with van der Waals surface area (Å²) in [5.41, 5.74) is 3.47. The molecule has 0 amide bonds. The quantitative estimate of drug-likeness (QED) is 0.443. The van der Waals surface area contributed by atoms with Crippen LogP contribution in [0.5, 0.6) is 5.75 Å². The summed E-state index contributed by atoms with van der Waals surface area (Å²) in [6.07, 6.45) is 4.47. The van der Waals surface area contributed by atoms with Crippen molar-refractivity contribution in [1.82, 2.24) is 19.8 Å². The zero-order valence-electron chi connectivity index (χ0n) is 18.8. The SMILES string of the molecule is CNCC1Cc2ccc(OCCNS(=O)(=O)c3cnn(C)c3)cc2C1Cc1cccc(F)c1. The summed E-state index contributed by atoms with van der Waals surface area (Å²) >= 11 is 0. The van der Waals surface area contributed by atoms with E-state index in [1.165, 1.54) is 34.3 Å². The lowest BCUT2D eigenvalue weighted by Crippen LogP contribution is -2.28. The Balaban J connectivity index is 1.42. The molecule has 0 spiro atoms. The second-order valence-electron chi connectivity index (χ2n) is 8.42. The average Bonchev–Trinajstić information content (AvgIpc) is 3.36. The van der Waals surface area contributed by atoms with Gasteiger partial charge in [0, 0.05) is 19.8 Å². The molecule has 2 atom stereocenters. The van der Waals surface area contributed by atoms with Gasteiger partial charge in [0.05, 0.1) is 6.20 Å². The molecule has 2 aromatic carbocycles. The molecule has 0 radical (unpaired) electrons. The molecule has 1 aliphatic rings. The third-order valence-corrected chi connectivity index (χ3v) is 7.45. The highest BCUT2D eigenvalue weighted by Gasteiger charge is 2.32. The number of hydrogen-bond acceptors (Lipinski definition) is 5. The van der Waals surface area contributed by atoms with E-state index in [0.717, 1.165) is 24.9 Å². The number of aromatic nitrogens is 2. The number of sulfonamides is 1. The Morgan fingerprint density at radius 3 is 2.82 bits per heavy atom. The number of aryl methyl sites for hydroxylation is 1. The molecule has 4 rings (SSSR count). The predicted octanol–water partition coefficient (Wildman–Crippen LogP) is 2.63. The minimum atomic E-state index is -3.61. The van der Waals surface area contributed by atoms with Crippen LogP contribution in [-0.2, 0) is 29.9 Å². The van der Waals surface area contributed by atoms with Crippen molar-refractivity contribution in [2.24, 2.45) is 13.0 Å². The Morgan fingerprint density at radius 2 is 2.09 bits per heavy atom. The highest BCUT2D eigenvalue weighted by molar-refractivity contribution is 7.89. The first-order valence-electron chi connectivity index (χ1n) is 11.0. The summed E-state index contributed by atoms with van der Waals surface area (Å²) < 4.78 is 48.1. The Kier molecular flexibility index (Phi) is 7.11. The Morgan fingerprint density at radius 1 is 1.24 bits per heavy atom. The van der Waals surface area contributed by atoms with E-state index in [4.69, 9.17) is 4.74 Å². The zero-order chi connectivity index (χ0) is 23.4. The molecule has 0 saturated carbocycles. The molecular weight excluding hydrogens is 443 g/mol. The van der Waals surface area contributed by atoms with E-state index in [1.807, 2.05) is 25.2 Å². The second kappa shape index (κ2) is 10.0. The van der Waals surface area contributed by atoms with E-state index in [2.05, 4.69) is 21.2 Å². The highest BCUT2D eigenvalue weighted by atomic mass is 32.2. The molecule has 2 unspecified atom stereocenters. The van der Waals surface area contributed by atoms with Crippen LogP contribution in [0.3, 0.4) is 0 Å². The molecule has 1 aromatic heterocycles. The molecular formula is C24H29FN4O3S. The Labute approximate surface area is 194 Å². The lowest BCUT2D eigenvalue weighted by molar-refractivity contribution is 0.322. The monoisotopic (exact) mass is 472 g/mol. The summed E-state index contributed by atoms with van der Waals surface area (Å²) in [6, 6.07) is 12.8. The molecule has 3 aromatic rings. The molecule has 0 saturated heterocycles. The van der Waals surface area contributed by atoms with Gasteiger partial charge in [0.2, 0.25) is 10.0 Å². The van der Waals surface area contributed by atoms with Crippen molar-refractivity contribution in [2.45, 2.75) is 23.7 Å². The first-order chi connectivity index (χ1) is 15.9. The number of benzene rings is 2. The normalized spacial score (nSPS) is 17.8. The third-order valence-electron chi connectivity index (χ3n) is 6.03. The maximum Gasteiger partial charge on any atom is 0.243 e. The number of nitrogens with one attached hydrogen (secondary N) is 2. The number of fused-ring (bicyclic) bond motifs is 1. The van der Waals surface area contributed by atoms with Gasteiger partial charge in [-0.3, -0.25) is 4.68 Å². The van der Waals surface area contributed by atoms with Gasteiger partial charge < -0.3 is 10.1 Å². The smallest absolute Gasteiger partial charge is 0.243 e. The van der Waals surface area contributed by atoms with Crippen LogP contribution >= 0.6 is 0 Å². The largest absolute Gasteiger partial charge is 0.492 e. The van der Waals surface area contributed by atoms with Gasteiger partial charge in [-0.2, -0.15) is 5.10 Å². The number of hydrogen-bond donors (Lipinski definition) is 2. The van der Waals surface area contributed by atoms with Crippen LogP contribution < -0.4 is 14.8 Å². The summed E-state index contributed by atoms with van der Waals surface area (Å²) in [4.78, 5) is 0.123. The fraction of sp³-hybridized carbons (Fsp3) is 0.375. The minimum absolute atomic E-state index is 0.123. The van der Waals surface area contributed by atoms with Crippen molar-refractivity contribution in [1.29, 1.82) is 0 Å². The molecule has 0 fully saturated rings. The van der Waals surface area contributed by atoms with Crippen LogP contribution in [0.2, 0.25) is 0 Å². The van der Waals surface area contributed by atoms with Gasteiger partial charge in [0.1, 0.15) is 23.1 Å². The first kappa shape index (κ1) is 23.4. The fourth-order valence-corrected chi connectivity index (χ4v) is 5.51. The molecule has 176 valence electrons. The topological polar surface area (TPSA) is 85.2 Å². The summed E-state index contributed by atoms with van der Waals surface area (Å²) in [7, 11) is -0.00176. The molecule has 2 N–H and O–H groups in total. The molecule has 0 aliphatic heterocycles. The highest BCUT2D eigenvalue weighted by Crippen LogP contribution is 2.41. The van der Waals surface area contributed by atoms with Crippen LogP contribution in [0, 0.1) is 11.7 Å². The maximum atomic E-state index is 13.7. The van der Waals surface area contributed by atoms with Crippen molar-refractivity contribution in [3.8, 4) is 5.75 Å². The number of halogens is 1. The van der Waals surface area contributed by atoms with Crippen molar-refractivity contribution in [3.05, 3.63) is 77.4 Å². The number of ether oxygens (including phenoxy) is 1. The summed E-state index contributed by atoms with van der Waals surface area (Å²) in [5.74, 6) is 1.14. The van der Waals surface area contributed by atoms with Crippen LogP contribution in [-0.4, -0.2) is 44.9 Å². The van der Waals surface area contributed by atoms with Gasteiger partial charge in [-0.15, -0.1) is 0 Å². The van der Waals surface area contributed by atoms with E-state index in [-0.39, 0.29) is 29.8 Å². The van der Waals surface area contributed by atoms with Gasteiger partial charge >= 0.3 is 0 Å². The third kappa shape index (κ3) is 5.61. The summed E-state index contributed by atoms with van der Waals surface area (Å²) in [6.45, 7) is 1.22. The van der Waals surface area contributed by atoms with E-state index < -0.39 is 10.0 Å². The molecule has 33 heavy (non-hydrogen) atoms. The van der Waals surface area contributed by atoms with E-state index in [9.17, 15) is 12.8 Å². The van der Waals surface area contributed by atoms with Crippen molar-refractivity contribution >= 4 is 10.0 Å². The van der Waals surface area contributed by atoms with Crippen molar-refractivity contribution in [2.75, 3.05) is 26.7 Å². The standard InChI is InChI=1S/C24H29FN4O3S/c1-26-14-19-12-18-6-7-21(13-24(18)23(19)11-17-4-3-5-20(25)10-17)32-9-8-28-33(30,31)22-15-27-29(2)16-22/h3-7,10,13,15-16,19,23,26,28H,8-9,11-12,14H2,1-2H3. The van der Waals surface area contributed by atoms with Crippen molar-refractivity contribution in [3.63, 3.8) is 0 Å². The van der Waals surface area contributed by atoms with Gasteiger partial charge in [-0.25, -0.2) is 17.5 Å². The van der Waals surface area contributed by atoms with Crippen LogP contribution in [0.15, 0.2) is 59.8 Å². The van der Waals surface area contributed by atoms with Gasteiger partial charge in [0.25, 0.3) is 0 Å². The van der Waals surface area contributed by atoms with Crippen LogP contribution in [0.25, 0.3) is 0 Å². The minimum Gasteiger partial charge on any atom is -0.492 e. The van der Waals surface area contributed by atoms with E-state index in [1.54, 1.807) is 19.2 Å². The van der Waals surface area contributed by atoms with E-state index in [0.29, 0.717) is 11.7 Å². The molecule has 7 nitrogen and oxygen atoms in total. The Hall–Kier alpha value is -2.75. The van der Waals surface area contributed by atoms with Gasteiger partial charge in [0.15, 0.2) is 0 Å². The molecule has 1 heterocycles. The van der Waals surface area contributed by atoms with Gasteiger partial charge in [-0.05, 0) is 79.2 Å². The van der Waals surface area contributed by atoms with E-state index >= 15 is 0 Å². The molecule has 0 bridgehead atoms. The zero-order valence-corrected chi connectivity index (χ0v) is 19.6. The second-order valence-corrected chi connectivity index (χ2v) is 10.2. The predicted molar refractivity (Wildman–Crippen MR) is 124 cm³/mol. The molecule has 1 aliphatic carbocycles. The van der Waals surface area contributed by atoms with Crippen LogP contribution in [0.1, 0.15) is 22.6 Å². The lowest BCUT2D eigenvalue weighted by Gasteiger charge is -2.21. The Bertz CT molecular complexity index is 1210. The number of nitrogens with zero attached hydrogens (tertiary/aromatic N) is 2. The summed E-state index contributed by atoms with van der Waals surface area (Å²) in [5, 5.41) is 7.17. The lowest BCUT2D eigenvalue weighted by atomic mass is 9.86. The molecule has 9 heteroatoms. The average molecular weight is 473 g/mol. The first-order valence-corrected chi connectivity index (χ1v) is 12.5. The maximum absolute atomic E-state index is 13.7. The van der Waals surface area contributed by atoms with Crippen LogP contribution in [0.4, 0.5) is 4.39 Å².